The van der Waals surface area contributed by atoms with E-state index < -0.39 is 12.1 Å². The lowest BCUT2D eigenvalue weighted by molar-refractivity contribution is -0.145. The first-order chi connectivity index (χ1) is 15.0. The summed E-state index contributed by atoms with van der Waals surface area (Å²) in [5.41, 5.74) is 2.99. The van der Waals surface area contributed by atoms with E-state index in [9.17, 15) is 14.7 Å². The van der Waals surface area contributed by atoms with Crippen molar-refractivity contribution in [3.63, 3.8) is 0 Å². The summed E-state index contributed by atoms with van der Waals surface area (Å²) in [4.78, 5) is 24.3. The van der Waals surface area contributed by atoms with Gasteiger partial charge < -0.3 is 14.3 Å². The van der Waals surface area contributed by atoms with Crippen molar-refractivity contribution in [2.45, 2.75) is 25.9 Å². The first-order valence-electron chi connectivity index (χ1n) is 10.1. The lowest BCUT2D eigenvalue weighted by Gasteiger charge is -2.16. The van der Waals surface area contributed by atoms with Gasteiger partial charge >= 0.3 is 5.97 Å². The number of aliphatic carboxylic acids is 1. The molecular formula is C26H22O5. The van der Waals surface area contributed by atoms with E-state index in [1.54, 1.807) is 30.3 Å². The molecule has 0 aliphatic heterocycles. The zero-order valence-electron chi connectivity index (χ0n) is 17.1. The van der Waals surface area contributed by atoms with Crippen molar-refractivity contribution >= 4 is 16.9 Å². The molecule has 1 unspecified atom stereocenters. The third-order valence-corrected chi connectivity index (χ3v) is 5.16. The van der Waals surface area contributed by atoms with Gasteiger partial charge in [-0.05, 0) is 49.1 Å². The van der Waals surface area contributed by atoms with Gasteiger partial charge in [-0.1, -0.05) is 54.6 Å². The monoisotopic (exact) mass is 414 g/mol. The van der Waals surface area contributed by atoms with Crippen LogP contribution in [0.1, 0.15) is 17.5 Å². The van der Waals surface area contributed by atoms with Crippen LogP contribution in [0.5, 0.6) is 5.75 Å². The van der Waals surface area contributed by atoms with E-state index in [4.69, 9.17) is 9.15 Å². The minimum Gasteiger partial charge on any atom is -0.479 e. The van der Waals surface area contributed by atoms with Crippen LogP contribution in [-0.2, 0) is 11.2 Å². The molecule has 0 fully saturated rings. The highest BCUT2D eigenvalue weighted by molar-refractivity contribution is 5.81. The molecule has 0 aliphatic rings. The summed E-state index contributed by atoms with van der Waals surface area (Å²) >= 11 is 0. The van der Waals surface area contributed by atoms with Crippen molar-refractivity contribution in [1.82, 2.24) is 0 Å². The second-order valence-electron chi connectivity index (χ2n) is 7.42. The van der Waals surface area contributed by atoms with Crippen LogP contribution in [0, 0.1) is 6.92 Å². The standard InChI is InChI=1S/C26H22O5/c1-17-7-5-12-21-22(27)16-24(31-25(17)21)19-10-6-11-20(15-19)30-23(26(28)29)14-13-18-8-3-2-4-9-18/h2-12,15-16,23H,13-14H2,1H3,(H,28,29). The van der Waals surface area contributed by atoms with E-state index in [0.717, 1.165) is 11.1 Å². The van der Waals surface area contributed by atoms with Crippen LogP contribution < -0.4 is 10.2 Å². The molecule has 156 valence electrons. The maximum atomic E-state index is 12.5. The van der Waals surface area contributed by atoms with E-state index in [2.05, 4.69) is 0 Å². The maximum Gasteiger partial charge on any atom is 0.344 e. The van der Waals surface area contributed by atoms with Crippen molar-refractivity contribution in [3.8, 4) is 17.1 Å². The SMILES string of the molecule is Cc1cccc2c(=O)cc(-c3cccc(OC(CCc4ccccc4)C(=O)O)c3)oc12. The molecule has 1 aromatic heterocycles. The fourth-order valence-corrected chi connectivity index (χ4v) is 3.52. The Labute approximate surface area is 179 Å². The van der Waals surface area contributed by atoms with Gasteiger partial charge in [0, 0.05) is 11.6 Å². The lowest BCUT2D eigenvalue weighted by atomic mass is 10.1. The molecule has 0 radical (unpaired) electrons. The van der Waals surface area contributed by atoms with Gasteiger partial charge in [-0.25, -0.2) is 4.79 Å². The average Bonchev–Trinajstić information content (AvgIpc) is 2.78. The summed E-state index contributed by atoms with van der Waals surface area (Å²) in [6.45, 7) is 1.89. The number of carbonyl (C=O) groups is 1. The number of carboxylic acids is 1. The minimum atomic E-state index is -1.02. The minimum absolute atomic E-state index is 0.127. The molecule has 1 N–H and O–H groups in total. The molecule has 0 spiro atoms. The van der Waals surface area contributed by atoms with Gasteiger partial charge in [0.1, 0.15) is 17.1 Å². The topological polar surface area (TPSA) is 76.7 Å². The van der Waals surface area contributed by atoms with Crippen LogP contribution in [0.4, 0.5) is 0 Å². The Morgan fingerprint density at radius 2 is 1.77 bits per heavy atom. The summed E-state index contributed by atoms with van der Waals surface area (Å²) in [7, 11) is 0. The van der Waals surface area contributed by atoms with Gasteiger partial charge in [-0.15, -0.1) is 0 Å². The zero-order chi connectivity index (χ0) is 21.8. The molecule has 1 heterocycles. The molecule has 3 aromatic carbocycles. The third-order valence-electron chi connectivity index (χ3n) is 5.16. The van der Waals surface area contributed by atoms with E-state index in [1.165, 1.54) is 6.07 Å². The molecule has 5 nitrogen and oxygen atoms in total. The number of carboxylic acid groups (broad SMARTS) is 1. The van der Waals surface area contributed by atoms with Crippen LogP contribution in [0.3, 0.4) is 0 Å². The molecule has 0 aliphatic carbocycles. The molecule has 0 amide bonds. The molecule has 4 aromatic rings. The van der Waals surface area contributed by atoms with Gasteiger partial charge in [-0.3, -0.25) is 4.79 Å². The van der Waals surface area contributed by atoms with Gasteiger partial charge in [-0.2, -0.15) is 0 Å². The molecule has 1 atom stereocenters. The van der Waals surface area contributed by atoms with Crippen LogP contribution in [0.2, 0.25) is 0 Å². The number of para-hydroxylation sites is 1. The number of aryl methyl sites for hydroxylation is 2. The van der Waals surface area contributed by atoms with E-state index in [1.807, 2.05) is 49.4 Å². The quantitative estimate of drug-likeness (QED) is 0.448. The Hall–Kier alpha value is -3.86. The fraction of sp³-hybridized carbons (Fsp3) is 0.154. The Balaban J connectivity index is 1.59. The van der Waals surface area contributed by atoms with Crippen molar-refractivity contribution < 1.29 is 19.1 Å². The predicted octanol–water partition coefficient (Wildman–Crippen LogP) is 5.23. The highest BCUT2D eigenvalue weighted by Gasteiger charge is 2.20. The van der Waals surface area contributed by atoms with E-state index >= 15 is 0 Å². The molecule has 4 rings (SSSR count). The zero-order valence-corrected chi connectivity index (χ0v) is 17.1. The van der Waals surface area contributed by atoms with Gasteiger partial charge in [0.2, 0.25) is 0 Å². The largest absolute Gasteiger partial charge is 0.479 e. The highest BCUT2D eigenvalue weighted by Crippen LogP contribution is 2.27. The number of hydrogen-bond donors (Lipinski definition) is 1. The van der Waals surface area contributed by atoms with Crippen molar-refractivity contribution in [1.29, 1.82) is 0 Å². The summed E-state index contributed by atoms with van der Waals surface area (Å²) in [5, 5.41) is 10.1. The average molecular weight is 414 g/mol. The molecule has 0 saturated heterocycles. The Bertz CT molecular complexity index is 1270. The number of hydrogen-bond acceptors (Lipinski definition) is 4. The number of rotatable bonds is 7. The number of benzene rings is 3. The second-order valence-corrected chi connectivity index (χ2v) is 7.42. The van der Waals surface area contributed by atoms with Crippen molar-refractivity contribution in [3.05, 3.63) is 100 Å². The van der Waals surface area contributed by atoms with Crippen LogP contribution in [0.25, 0.3) is 22.3 Å². The first-order valence-corrected chi connectivity index (χ1v) is 10.1. The number of ether oxygens (including phenoxy) is 1. The molecule has 5 heteroatoms. The smallest absolute Gasteiger partial charge is 0.344 e. The van der Waals surface area contributed by atoms with Crippen LogP contribution >= 0.6 is 0 Å². The summed E-state index contributed by atoms with van der Waals surface area (Å²) in [6.07, 6.45) is -0.0502. The summed E-state index contributed by atoms with van der Waals surface area (Å²) < 4.78 is 11.8. The second kappa shape index (κ2) is 8.88. The van der Waals surface area contributed by atoms with Gasteiger partial charge in [0.15, 0.2) is 11.5 Å². The normalized spacial score (nSPS) is 11.9. The first kappa shape index (κ1) is 20.4. The summed E-state index contributed by atoms with van der Waals surface area (Å²) in [6, 6.07) is 23.5. The Kier molecular flexibility index (Phi) is 5.85. The van der Waals surface area contributed by atoms with Crippen LogP contribution in [0.15, 0.2) is 88.1 Å². The molecule has 0 bridgehead atoms. The van der Waals surface area contributed by atoms with Crippen LogP contribution in [-0.4, -0.2) is 17.2 Å². The fourth-order valence-electron chi connectivity index (χ4n) is 3.52. The van der Waals surface area contributed by atoms with Crippen molar-refractivity contribution in [2.75, 3.05) is 0 Å². The Morgan fingerprint density at radius 3 is 2.55 bits per heavy atom. The predicted molar refractivity (Wildman–Crippen MR) is 119 cm³/mol. The number of fused-ring (bicyclic) bond motifs is 1. The van der Waals surface area contributed by atoms with Gasteiger partial charge in [0.05, 0.1) is 5.39 Å². The lowest BCUT2D eigenvalue weighted by Crippen LogP contribution is -2.27. The van der Waals surface area contributed by atoms with E-state index in [-0.39, 0.29) is 5.43 Å². The molecular weight excluding hydrogens is 392 g/mol. The van der Waals surface area contributed by atoms with Gasteiger partial charge in [0.25, 0.3) is 0 Å². The highest BCUT2D eigenvalue weighted by atomic mass is 16.5. The maximum absolute atomic E-state index is 12.5. The third kappa shape index (κ3) is 4.67. The molecule has 0 saturated carbocycles. The van der Waals surface area contributed by atoms with Crippen molar-refractivity contribution in [2.24, 2.45) is 0 Å². The Morgan fingerprint density at radius 1 is 1.00 bits per heavy atom. The van der Waals surface area contributed by atoms with E-state index in [0.29, 0.717) is 40.9 Å². The molecule has 31 heavy (non-hydrogen) atoms. The summed E-state index contributed by atoms with van der Waals surface area (Å²) in [5.74, 6) is -0.201.